The molecule has 1 heterocycles. The number of rotatable bonds is 3. The molecule has 0 spiro atoms. The summed E-state index contributed by atoms with van der Waals surface area (Å²) >= 11 is 0. The maximum Gasteiger partial charge on any atom is 0.165 e. The van der Waals surface area contributed by atoms with Gasteiger partial charge in [0.2, 0.25) is 0 Å². The zero-order valence-electron chi connectivity index (χ0n) is 10.3. The number of hydrogen-bond acceptors (Lipinski definition) is 4. The number of nitrogens with zero attached hydrogens (tertiary/aromatic N) is 4. The van der Waals surface area contributed by atoms with Crippen molar-refractivity contribution in [3.63, 3.8) is 0 Å². The van der Waals surface area contributed by atoms with Gasteiger partial charge in [-0.15, -0.1) is 5.10 Å². The van der Waals surface area contributed by atoms with E-state index in [9.17, 15) is 0 Å². The number of aromatic nitrogens is 4. The molecule has 0 radical (unpaired) electrons. The Hall–Kier alpha value is -0.970. The summed E-state index contributed by atoms with van der Waals surface area (Å²) in [6.07, 6.45) is 3.68. The van der Waals surface area contributed by atoms with Gasteiger partial charge in [-0.2, -0.15) is 0 Å². The highest BCUT2D eigenvalue weighted by Crippen LogP contribution is 2.35. The van der Waals surface area contributed by atoms with Gasteiger partial charge in [0.25, 0.3) is 0 Å². The van der Waals surface area contributed by atoms with Crippen LogP contribution in [0.4, 0.5) is 0 Å². The van der Waals surface area contributed by atoms with Crippen LogP contribution in [0.25, 0.3) is 0 Å². The summed E-state index contributed by atoms with van der Waals surface area (Å²) in [5.74, 6) is 2.56. The van der Waals surface area contributed by atoms with Crippen molar-refractivity contribution in [1.29, 1.82) is 0 Å². The Labute approximate surface area is 96.6 Å². The first kappa shape index (κ1) is 11.5. The second kappa shape index (κ2) is 4.91. The third kappa shape index (κ3) is 2.24. The standard InChI is InChI=1S/C11H21N5/c1-8-4-5-10(6-9(8)2)16-11(7-12-3)13-14-15-16/h8-10,12H,4-7H2,1-3H3. The Morgan fingerprint density at radius 3 is 2.81 bits per heavy atom. The van der Waals surface area contributed by atoms with E-state index in [1.165, 1.54) is 19.3 Å². The van der Waals surface area contributed by atoms with Crippen molar-refractivity contribution in [2.75, 3.05) is 7.05 Å². The average molecular weight is 223 g/mol. The molecule has 0 bridgehead atoms. The quantitative estimate of drug-likeness (QED) is 0.841. The summed E-state index contributed by atoms with van der Waals surface area (Å²) in [5.41, 5.74) is 0. The largest absolute Gasteiger partial charge is 0.313 e. The Balaban J connectivity index is 2.09. The molecule has 3 unspecified atom stereocenters. The molecule has 1 aliphatic rings. The lowest BCUT2D eigenvalue weighted by Crippen LogP contribution is -2.26. The van der Waals surface area contributed by atoms with Crippen molar-refractivity contribution in [2.24, 2.45) is 11.8 Å². The van der Waals surface area contributed by atoms with E-state index in [0.717, 1.165) is 24.2 Å². The molecule has 1 saturated carbocycles. The second-order valence-corrected chi connectivity index (χ2v) is 4.99. The third-order valence-electron chi connectivity index (χ3n) is 3.81. The summed E-state index contributed by atoms with van der Waals surface area (Å²) in [7, 11) is 1.92. The van der Waals surface area contributed by atoms with Crippen molar-refractivity contribution in [3.8, 4) is 0 Å². The lowest BCUT2D eigenvalue weighted by Gasteiger charge is -2.32. The summed E-state index contributed by atoms with van der Waals surface area (Å²) in [6.45, 7) is 5.42. The molecular formula is C11H21N5. The van der Waals surface area contributed by atoms with Crippen LogP contribution in [0.1, 0.15) is 45.0 Å². The fourth-order valence-corrected chi connectivity index (χ4v) is 2.51. The molecule has 3 atom stereocenters. The van der Waals surface area contributed by atoms with Crippen LogP contribution in [-0.2, 0) is 6.54 Å². The van der Waals surface area contributed by atoms with E-state index in [1.54, 1.807) is 0 Å². The summed E-state index contributed by atoms with van der Waals surface area (Å²) in [6, 6.07) is 0.490. The van der Waals surface area contributed by atoms with E-state index in [0.29, 0.717) is 6.04 Å². The lowest BCUT2D eigenvalue weighted by atomic mass is 9.79. The Morgan fingerprint density at radius 2 is 2.12 bits per heavy atom. The predicted octanol–water partition coefficient (Wildman–Crippen LogP) is 1.39. The molecule has 16 heavy (non-hydrogen) atoms. The van der Waals surface area contributed by atoms with Crippen molar-refractivity contribution in [3.05, 3.63) is 5.82 Å². The fourth-order valence-electron chi connectivity index (χ4n) is 2.51. The van der Waals surface area contributed by atoms with Gasteiger partial charge in [0.15, 0.2) is 5.82 Å². The fraction of sp³-hybridized carbons (Fsp3) is 0.909. The van der Waals surface area contributed by atoms with Gasteiger partial charge >= 0.3 is 0 Å². The topological polar surface area (TPSA) is 55.6 Å². The number of nitrogens with one attached hydrogen (secondary N) is 1. The molecule has 1 N–H and O–H groups in total. The van der Waals surface area contributed by atoms with Crippen molar-refractivity contribution >= 4 is 0 Å². The van der Waals surface area contributed by atoms with E-state index >= 15 is 0 Å². The average Bonchev–Trinajstić information content (AvgIpc) is 2.71. The molecule has 5 nitrogen and oxygen atoms in total. The molecule has 5 heteroatoms. The minimum Gasteiger partial charge on any atom is -0.313 e. The van der Waals surface area contributed by atoms with Gasteiger partial charge in [0.1, 0.15) is 0 Å². The van der Waals surface area contributed by atoms with Crippen LogP contribution in [-0.4, -0.2) is 27.3 Å². The molecule has 90 valence electrons. The minimum absolute atomic E-state index is 0.490. The van der Waals surface area contributed by atoms with Gasteiger partial charge in [-0.25, -0.2) is 4.68 Å². The van der Waals surface area contributed by atoms with Crippen LogP contribution >= 0.6 is 0 Å². The predicted molar refractivity (Wildman–Crippen MR) is 61.8 cm³/mol. The number of tetrazole rings is 1. The highest BCUT2D eigenvalue weighted by molar-refractivity contribution is 4.87. The van der Waals surface area contributed by atoms with E-state index in [1.807, 2.05) is 11.7 Å². The minimum atomic E-state index is 0.490. The molecule has 2 rings (SSSR count). The van der Waals surface area contributed by atoms with Crippen LogP contribution < -0.4 is 5.32 Å². The molecule has 1 aliphatic carbocycles. The molecule has 1 fully saturated rings. The highest BCUT2D eigenvalue weighted by Gasteiger charge is 2.27. The van der Waals surface area contributed by atoms with Crippen molar-refractivity contribution in [1.82, 2.24) is 25.5 Å². The molecule has 0 saturated heterocycles. The molecule has 1 aromatic rings. The van der Waals surface area contributed by atoms with E-state index < -0.39 is 0 Å². The summed E-state index contributed by atoms with van der Waals surface area (Å²) < 4.78 is 2.01. The first-order chi connectivity index (χ1) is 7.72. The first-order valence-corrected chi connectivity index (χ1v) is 6.13. The molecule has 0 aliphatic heterocycles. The smallest absolute Gasteiger partial charge is 0.165 e. The van der Waals surface area contributed by atoms with Crippen LogP contribution in [0, 0.1) is 11.8 Å². The number of hydrogen-bond donors (Lipinski definition) is 1. The summed E-state index contributed by atoms with van der Waals surface area (Å²) in [5, 5.41) is 15.1. The monoisotopic (exact) mass is 223 g/mol. The van der Waals surface area contributed by atoms with Gasteiger partial charge < -0.3 is 5.32 Å². The highest BCUT2D eigenvalue weighted by atomic mass is 15.6. The first-order valence-electron chi connectivity index (χ1n) is 6.13. The zero-order chi connectivity index (χ0) is 11.5. The third-order valence-corrected chi connectivity index (χ3v) is 3.81. The van der Waals surface area contributed by atoms with Crippen LogP contribution in [0.3, 0.4) is 0 Å². The molecular weight excluding hydrogens is 202 g/mol. The molecule has 0 amide bonds. The Bertz CT molecular complexity index is 335. The second-order valence-electron chi connectivity index (χ2n) is 4.99. The normalized spacial score (nSPS) is 30.6. The Morgan fingerprint density at radius 1 is 1.31 bits per heavy atom. The van der Waals surface area contributed by atoms with Gasteiger partial charge in [-0.05, 0) is 48.6 Å². The SMILES string of the molecule is CNCc1nnnn1C1CCC(C)C(C)C1. The Kier molecular flexibility index (Phi) is 3.53. The van der Waals surface area contributed by atoms with E-state index in [4.69, 9.17) is 0 Å². The molecule has 0 aromatic carbocycles. The van der Waals surface area contributed by atoms with E-state index in [2.05, 4.69) is 34.7 Å². The van der Waals surface area contributed by atoms with Gasteiger partial charge in [0.05, 0.1) is 12.6 Å². The van der Waals surface area contributed by atoms with Crippen molar-refractivity contribution < 1.29 is 0 Å². The summed E-state index contributed by atoms with van der Waals surface area (Å²) in [4.78, 5) is 0. The maximum absolute atomic E-state index is 4.13. The van der Waals surface area contributed by atoms with Gasteiger partial charge in [-0.3, -0.25) is 0 Å². The molecule has 1 aromatic heterocycles. The zero-order valence-corrected chi connectivity index (χ0v) is 10.3. The van der Waals surface area contributed by atoms with Crippen LogP contribution in [0.5, 0.6) is 0 Å². The van der Waals surface area contributed by atoms with Crippen molar-refractivity contribution in [2.45, 2.75) is 45.7 Å². The van der Waals surface area contributed by atoms with Gasteiger partial charge in [-0.1, -0.05) is 13.8 Å². The van der Waals surface area contributed by atoms with Gasteiger partial charge in [0, 0.05) is 0 Å². The van der Waals surface area contributed by atoms with E-state index in [-0.39, 0.29) is 0 Å². The van der Waals surface area contributed by atoms with Crippen LogP contribution in [0.15, 0.2) is 0 Å². The lowest BCUT2D eigenvalue weighted by molar-refractivity contribution is 0.196. The van der Waals surface area contributed by atoms with Crippen LogP contribution in [0.2, 0.25) is 0 Å². The maximum atomic E-state index is 4.13.